The van der Waals surface area contributed by atoms with Gasteiger partial charge in [0.15, 0.2) is 0 Å². The molecule has 6 N–H and O–H groups in total. The van der Waals surface area contributed by atoms with Gasteiger partial charge >= 0.3 is 0 Å². The fourth-order valence-electron chi connectivity index (χ4n) is 2.76. The first kappa shape index (κ1) is 17.7. The number of hydrogen-bond donors (Lipinski definition) is 4. The number of benzene rings is 2. The third-order valence-electron chi connectivity index (χ3n) is 4.06. The maximum absolute atomic E-state index is 9.93. The predicted molar refractivity (Wildman–Crippen MR) is 92.7 cm³/mol. The summed E-state index contributed by atoms with van der Waals surface area (Å²) in [5.74, 6) is 10.8. The Kier molecular flexibility index (Phi) is 5.02. The lowest BCUT2D eigenvalue weighted by atomic mass is 9.89. The lowest BCUT2D eigenvalue weighted by molar-refractivity contribution is 0.194. The molecule has 0 aliphatic carbocycles. The highest BCUT2D eigenvalue weighted by molar-refractivity contribution is 5.84. The van der Waals surface area contributed by atoms with Crippen molar-refractivity contribution >= 4 is 5.57 Å². The summed E-state index contributed by atoms with van der Waals surface area (Å²) >= 11 is 0. The quantitative estimate of drug-likeness (QED) is 0.506. The normalized spacial score (nSPS) is 10.4. The fraction of sp³-hybridized carbons (Fsp3) is 0.222. The predicted octanol–water partition coefficient (Wildman–Crippen LogP) is 3.26. The van der Waals surface area contributed by atoms with E-state index in [0.29, 0.717) is 28.2 Å². The Balaban J connectivity index is 2.72. The second-order valence-electron chi connectivity index (χ2n) is 5.80. The highest BCUT2D eigenvalue weighted by Crippen LogP contribution is 2.35. The molecule has 0 aliphatic rings. The van der Waals surface area contributed by atoms with Gasteiger partial charge in [0.25, 0.3) is 5.95 Å². The third kappa shape index (κ3) is 3.15. The van der Waals surface area contributed by atoms with E-state index in [-0.39, 0.29) is 0 Å². The van der Waals surface area contributed by atoms with Gasteiger partial charge in [0.2, 0.25) is 0 Å². The van der Waals surface area contributed by atoms with E-state index in [2.05, 4.69) is 0 Å². The van der Waals surface area contributed by atoms with Crippen molar-refractivity contribution in [1.82, 2.24) is 0 Å². The van der Waals surface area contributed by atoms with E-state index < -0.39 is 5.95 Å². The monoisotopic (exact) mass is 330 g/mol. The Hall–Kier alpha value is -2.70. The second kappa shape index (κ2) is 6.82. The number of aliphatic hydroxyl groups excluding tert-OH is 1. The zero-order valence-corrected chi connectivity index (χ0v) is 14.2. The van der Waals surface area contributed by atoms with Crippen LogP contribution in [0.15, 0.2) is 30.2 Å². The Labute approximate surface area is 140 Å². The van der Waals surface area contributed by atoms with Crippen LogP contribution < -0.4 is 21.5 Å². The first-order valence-corrected chi connectivity index (χ1v) is 7.39. The Morgan fingerprint density at radius 2 is 1.08 bits per heavy atom. The second-order valence-corrected chi connectivity index (χ2v) is 5.80. The standard InChI is InChI=1S/C18H22N2O4/c1-9-7-15(23-19)11(3)5-13(9)17(18(21)22)14-6-12(4)16(24-20)8-10(14)2/h5-8,21-22H,19-20H2,1-4H3. The van der Waals surface area contributed by atoms with Crippen LogP contribution in [-0.2, 0) is 0 Å². The van der Waals surface area contributed by atoms with Gasteiger partial charge in [-0.3, -0.25) is 0 Å². The molecule has 0 radical (unpaired) electrons. The molecule has 0 unspecified atom stereocenters. The summed E-state index contributed by atoms with van der Waals surface area (Å²) in [5.41, 5.74) is 4.85. The minimum Gasteiger partial charge on any atom is -0.481 e. The van der Waals surface area contributed by atoms with Crippen molar-refractivity contribution in [3.63, 3.8) is 0 Å². The molecule has 2 aromatic rings. The van der Waals surface area contributed by atoms with Crippen LogP contribution in [0.2, 0.25) is 0 Å². The number of aliphatic hydroxyl groups is 2. The summed E-state index contributed by atoms with van der Waals surface area (Å²) in [6, 6.07) is 7.13. The SMILES string of the molecule is Cc1cc(C(=C(O)O)c2cc(C)c(ON)cc2C)c(C)cc1ON. The Morgan fingerprint density at radius 1 is 0.708 bits per heavy atom. The summed E-state index contributed by atoms with van der Waals surface area (Å²) < 4.78 is 0. The van der Waals surface area contributed by atoms with Crippen molar-refractivity contribution in [2.45, 2.75) is 27.7 Å². The van der Waals surface area contributed by atoms with Crippen LogP contribution in [0.1, 0.15) is 33.4 Å². The lowest BCUT2D eigenvalue weighted by Gasteiger charge is -2.17. The lowest BCUT2D eigenvalue weighted by Crippen LogP contribution is -2.07. The van der Waals surface area contributed by atoms with Crippen LogP contribution in [0.4, 0.5) is 0 Å². The zero-order chi connectivity index (χ0) is 18.0. The summed E-state index contributed by atoms with van der Waals surface area (Å²) in [6.45, 7) is 7.36. The molecule has 6 nitrogen and oxygen atoms in total. The Bertz CT molecular complexity index is 748. The van der Waals surface area contributed by atoms with E-state index in [9.17, 15) is 10.2 Å². The molecule has 0 atom stereocenters. The molecule has 24 heavy (non-hydrogen) atoms. The van der Waals surface area contributed by atoms with Crippen LogP contribution in [-0.4, -0.2) is 10.2 Å². The summed E-state index contributed by atoms with van der Waals surface area (Å²) in [4.78, 5) is 9.66. The van der Waals surface area contributed by atoms with E-state index >= 15 is 0 Å². The molecule has 0 fully saturated rings. The van der Waals surface area contributed by atoms with Crippen LogP contribution in [0.5, 0.6) is 11.5 Å². The van der Waals surface area contributed by atoms with Gasteiger partial charge in [0.05, 0.1) is 5.57 Å². The van der Waals surface area contributed by atoms with Gasteiger partial charge in [-0.15, -0.1) is 0 Å². The molecule has 2 aromatic carbocycles. The molecule has 6 heteroatoms. The molecular formula is C18H22N2O4. The number of hydrogen-bond acceptors (Lipinski definition) is 6. The minimum atomic E-state index is -0.761. The van der Waals surface area contributed by atoms with Gasteiger partial charge < -0.3 is 19.9 Å². The topological polar surface area (TPSA) is 111 Å². The van der Waals surface area contributed by atoms with Crippen LogP contribution >= 0.6 is 0 Å². The van der Waals surface area contributed by atoms with Crippen molar-refractivity contribution in [3.8, 4) is 11.5 Å². The van der Waals surface area contributed by atoms with Gasteiger partial charge in [0.1, 0.15) is 11.5 Å². The maximum atomic E-state index is 9.93. The molecule has 0 aromatic heterocycles. The van der Waals surface area contributed by atoms with Gasteiger partial charge in [-0.05, 0) is 85.3 Å². The molecular weight excluding hydrogens is 308 g/mol. The van der Waals surface area contributed by atoms with Crippen molar-refractivity contribution in [2.75, 3.05) is 0 Å². The molecule has 2 rings (SSSR count). The average Bonchev–Trinajstić information content (AvgIpc) is 2.53. The molecule has 128 valence electrons. The van der Waals surface area contributed by atoms with Crippen molar-refractivity contribution in [3.05, 3.63) is 63.6 Å². The largest absolute Gasteiger partial charge is 0.481 e. The summed E-state index contributed by atoms with van der Waals surface area (Å²) in [5, 5.41) is 19.9. The molecule has 0 amide bonds. The maximum Gasteiger partial charge on any atom is 0.282 e. The summed E-state index contributed by atoms with van der Waals surface area (Å²) in [6.07, 6.45) is 0. The van der Waals surface area contributed by atoms with E-state index in [1.807, 2.05) is 27.7 Å². The van der Waals surface area contributed by atoms with E-state index in [0.717, 1.165) is 22.3 Å². The molecule has 0 heterocycles. The highest BCUT2D eigenvalue weighted by atomic mass is 16.6. The van der Waals surface area contributed by atoms with E-state index in [1.165, 1.54) is 0 Å². The zero-order valence-electron chi connectivity index (χ0n) is 14.2. The molecule has 0 saturated carbocycles. The Morgan fingerprint density at radius 3 is 1.38 bits per heavy atom. The third-order valence-corrected chi connectivity index (χ3v) is 4.06. The van der Waals surface area contributed by atoms with Gasteiger partial charge in [-0.1, -0.05) is 0 Å². The average molecular weight is 330 g/mol. The van der Waals surface area contributed by atoms with Crippen molar-refractivity contribution in [1.29, 1.82) is 0 Å². The van der Waals surface area contributed by atoms with Crippen LogP contribution in [0.25, 0.3) is 5.57 Å². The summed E-state index contributed by atoms with van der Waals surface area (Å²) in [7, 11) is 0. The van der Waals surface area contributed by atoms with Crippen molar-refractivity contribution in [2.24, 2.45) is 11.8 Å². The van der Waals surface area contributed by atoms with Gasteiger partial charge in [0, 0.05) is 0 Å². The molecule has 0 aliphatic heterocycles. The number of rotatable bonds is 4. The highest BCUT2D eigenvalue weighted by Gasteiger charge is 2.19. The molecule has 0 spiro atoms. The van der Waals surface area contributed by atoms with Crippen LogP contribution in [0.3, 0.4) is 0 Å². The molecule has 0 bridgehead atoms. The first-order valence-electron chi connectivity index (χ1n) is 7.39. The van der Waals surface area contributed by atoms with Gasteiger partial charge in [-0.25, -0.2) is 0 Å². The number of aryl methyl sites for hydroxylation is 4. The van der Waals surface area contributed by atoms with Crippen LogP contribution in [0, 0.1) is 27.7 Å². The molecule has 0 saturated heterocycles. The fourth-order valence-corrected chi connectivity index (χ4v) is 2.76. The van der Waals surface area contributed by atoms with E-state index in [4.69, 9.17) is 21.5 Å². The van der Waals surface area contributed by atoms with Gasteiger partial charge in [-0.2, -0.15) is 11.8 Å². The smallest absolute Gasteiger partial charge is 0.282 e. The number of nitrogens with two attached hydrogens (primary N) is 2. The van der Waals surface area contributed by atoms with E-state index in [1.54, 1.807) is 24.3 Å². The minimum absolute atomic E-state index is 0.323. The van der Waals surface area contributed by atoms with Crippen molar-refractivity contribution < 1.29 is 19.9 Å². The first-order chi connectivity index (χ1) is 11.3.